The molecule has 1 amide bonds. The minimum atomic E-state index is -0.830. The normalized spacial score (nSPS) is 11.8. The number of hydrogen-bond donors (Lipinski definition) is 2. The van der Waals surface area contributed by atoms with Crippen LogP contribution < -0.4 is 10.2 Å². The second kappa shape index (κ2) is 9.33. The molecule has 152 valence electrons. The second-order valence-electron chi connectivity index (χ2n) is 6.38. The molecule has 3 rings (SSSR count). The van der Waals surface area contributed by atoms with Crippen LogP contribution in [0, 0.1) is 10.1 Å². The SMILES string of the molecule is CC(Oc1ccc(-c2ccccc2)cc1)C(=O)N/N=C/c1cc([N+](=O)[O-])ccc1O. The molecule has 1 unspecified atom stereocenters. The van der Waals surface area contributed by atoms with Gasteiger partial charge in [0.15, 0.2) is 6.10 Å². The zero-order valence-electron chi connectivity index (χ0n) is 16.1. The van der Waals surface area contributed by atoms with E-state index in [1.807, 2.05) is 42.5 Å². The number of carbonyl (C=O) groups excluding carboxylic acids is 1. The van der Waals surface area contributed by atoms with Crippen LogP contribution in [0.3, 0.4) is 0 Å². The topological polar surface area (TPSA) is 114 Å². The maximum absolute atomic E-state index is 12.2. The van der Waals surface area contributed by atoms with Gasteiger partial charge in [0.05, 0.1) is 11.1 Å². The average Bonchev–Trinajstić information content (AvgIpc) is 2.76. The number of nitrogens with one attached hydrogen (secondary N) is 1. The molecular weight excluding hydrogens is 386 g/mol. The first-order valence-electron chi connectivity index (χ1n) is 9.06. The van der Waals surface area contributed by atoms with Gasteiger partial charge in [0.25, 0.3) is 11.6 Å². The summed E-state index contributed by atoms with van der Waals surface area (Å²) >= 11 is 0. The summed E-state index contributed by atoms with van der Waals surface area (Å²) in [4.78, 5) is 22.4. The molecule has 1 atom stereocenters. The lowest BCUT2D eigenvalue weighted by atomic mass is 10.1. The Morgan fingerprint density at radius 1 is 1.10 bits per heavy atom. The number of carbonyl (C=O) groups is 1. The Labute approximate surface area is 172 Å². The molecule has 3 aromatic carbocycles. The van der Waals surface area contributed by atoms with Crippen molar-refractivity contribution in [2.75, 3.05) is 0 Å². The maximum Gasteiger partial charge on any atom is 0.280 e. The molecule has 3 aromatic rings. The molecule has 0 aliphatic heterocycles. The largest absolute Gasteiger partial charge is 0.507 e. The maximum atomic E-state index is 12.2. The number of aromatic hydroxyl groups is 1. The summed E-state index contributed by atoms with van der Waals surface area (Å²) < 4.78 is 5.62. The fourth-order valence-electron chi connectivity index (χ4n) is 2.63. The van der Waals surface area contributed by atoms with Crippen LogP contribution in [0.5, 0.6) is 11.5 Å². The van der Waals surface area contributed by atoms with E-state index in [1.54, 1.807) is 19.1 Å². The van der Waals surface area contributed by atoms with Crippen molar-refractivity contribution < 1.29 is 19.6 Å². The number of phenols is 1. The van der Waals surface area contributed by atoms with E-state index in [-0.39, 0.29) is 17.0 Å². The van der Waals surface area contributed by atoms with Gasteiger partial charge in [-0.3, -0.25) is 14.9 Å². The molecule has 0 saturated heterocycles. The quantitative estimate of drug-likeness (QED) is 0.352. The number of nitro benzene ring substituents is 1. The minimum absolute atomic E-state index is 0.106. The summed E-state index contributed by atoms with van der Waals surface area (Å²) in [5, 5.41) is 24.3. The molecular formula is C22H19N3O5. The highest BCUT2D eigenvalue weighted by atomic mass is 16.6. The van der Waals surface area contributed by atoms with Crippen LogP contribution in [0.1, 0.15) is 12.5 Å². The number of benzene rings is 3. The van der Waals surface area contributed by atoms with Crippen LogP contribution in [0.2, 0.25) is 0 Å². The van der Waals surface area contributed by atoms with Crippen LogP contribution in [-0.4, -0.2) is 28.3 Å². The Kier molecular flexibility index (Phi) is 6.39. The van der Waals surface area contributed by atoms with Crippen LogP contribution in [0.4, 0.5) is 5.69 Å². The molecule has 0 heterocycles. The van der Waals surface area contributed by atoms with Crippen molar-refractivity contribution in [3.63, 3.8) is 0 Å². The Morgan fingerprint density at radius 3 is 2.43 bits per heavy atom. The molecule has 0 aliphatic carbocycles. The number of hydrazone groups is 1. The van der Waals surface area contributed by atoms with Gasteiger partial charge in [0.1, 0.15) is 11.5 Å². The second-order valence-corrected chi connectivity index (χ2v) is 6.38. The monoisotopic (exact) mass is 405 g/mol. The molecule has 0 saturated carbocycles. The molecule has 8 heteroatoms. The Morgan fingerprint density at radius 2 is 1.77 bits per heavy atom. The van der Waals surface area contributed by atoms with Gasteiger partial charge in [-0.1, -0.05) is 42.5 Å². The van der Waals surface area contributed by atoms with Crippen molar-refractivity contribution in [2.24, 2.45) is 5.10 Å². The molecule has 0 aromatic heterocycles. The number of non-ortho nitro benzene ring substituents is 1. The van der Waals surface area contributed by atoms with Gasteiger partial charge in [0.2, 0.25) is 0 Å². The number of rotatable bonds is 7. The molecule has 0 bridgehead atoms. The summed E-state index contributed by atoms with van der Waals surface area (Å²) in [6.45, 7) is 1.57. The number of phenolic OH excluding ortho intramolecular Hbond substituents is 1. The first-order chi connectivity index (χ1) is 14.4. The highest BCUT2D eigenvalue weighted by Crippen LogP contribution is 2.23. The van der Waals surface area contributed by atoms with E-state index >= 15 is 0 Å². The van der Waals surface area contributed by atoms with Crippen LogP contribution >= 0.6 is 0 Å². The molecule has 0 radical (unpaired) electrons. The van der Waals surface area contributed by atoms with E-state index < -0.39 is 16.9 Å². The van der Waals surface area contributed by atoms with Crippen LogP contribution in [-0.2, 0) is 4.79 Å². The number of nitrogens with zero attached hydrogens (tertiary/aromatic N) is 2. The summed E-state index contributed by atoms with van der Waals surface area (Å²) in [6.07, 6.45) is 0.296. The van der Waals surface area contributed by atoms with Crippen molar-refractivity contribution >= 4 is 17.8 Å². The van der Waals surface area contributed by atoms with Crippen molar-refractivity contribution in [1.82, 2.24) is 5.43 Å². The summed E-state index contributed by atoms with van der Waals surface area (Å²) in [5.74, 6) is -0.178. The van der Waals surface area contributed by atoms with Crippen molar-refractivity contribution in [1.29, 1.82) is 0 Å². The summed E-state index contributed by atoms with van der Waals surface area (Å²) in [6, 6.07) is 20.7. The van der Waals surface area contributed by atoms with Crippen molar-refractivity contribution in [3.05, 3.63) is 88.5 Å². The number of ether oxygens (including phenoxy) is 1. The first-order valence-corrected chi connectivity index (χ1v) is 9.06. The van der Waals surface area contributed by atoms with Gasteiger partial charge in [-0.25, -0.2) is 5.43 Å². The Hall–Kier alpha value is -4.20. The summed E-state index contributed by atoms with van der Waals surface area (Å²) in [5.41, 5.74) is 4.30. The van der Waals surface area contributed by atoms with E-state index in [0.29, 0.717) is 5.75 Å². The van der Waals surface area contributed by atoms with E-state index in [9.17, 15) is 20.0 Å². The van der Waals surface area contributed by atoms with Crippen molar-refractivity contribution in [3.8, 4) is 22.6 Å². The zero-order valence-corrected chi connectivity index (χ0v) is 16.1. The minimum Gasteiger partial charge on any atom is -0.507 e. The first kappa shape index (κ1) is 20.5. The highest BCUT2D eigenvalue weighted by Gasteiger charge is 2.14. The van der Waals surface area contributed by atoms with Gasteiger partial charge in [-0.2, -0.15) is 5.10 Å². The third-order valence-corrected chi connectivity index (χ3v) is 4.24. The van der Waals surface area contributed by atoms with E-state index in [1.165, 1.54) is 12.1 Å². The van der Waals surface area contributed by atoms with E-state index in [4.69, 9.17) is 4.74 Å². The number of hydrogen-bond acceptors (Lipinski definition) is 6. The lowest BCUT2D eigenvalue weighted by Crippen LogP contribution is -2.33. The molecule has 2 N–H and O–H groups in total. The molecule has 0 spiro atoms. The predicted octanol–water partition coefficient (Wildman–Crippen LogP) is 3.89. The zero-order chi connectivity index (χ0) is 21.5. The van der Waals surface area contributed by atoms with Gasteiger partial charge in [-0.05, 0) is 36.2 Å². The third-order valence-electron chi connectivity index (χ3n) is 4.24. The Bertz CT molecular complexity index is 1070. The fourth-order valence-corrected chi connectivity index (χ4v) is 2.63. The number of nitro groups is 1. The molecule has 30 heavy (non-hydrogen) atoms. The Balaban J connectivity index is 1.58. The van der Waals surface area contributed by atoms with Gasteiger partial charge >= 0.3 is 0 Å². The van der Waals surface area contributed by atoms with Gasteiger partial charge in [-0.15, -0.1) is 0 Å². The standard InChI is InChI=1S/C22H19N3O5/c1-15(30-20-10-7-17(8-11-20)16-5-3-2-4-6-16)22(27)24-23-14-18-13-19(25(28)29)9-12-21(18)26/h2-15,26H,1H3,(H,24,27)/b23-14+. The molecule has 0 fully saturated rings. The number of amides is 1. The van der Waals surface area contributed by atoms with Gasteiger partial charge in [0, 0.05) is 17.7 Å². The fraction of sp³-hybridized carbons (Fsp3) is 0.0909. The van der Waals surface area contributed by atoms with Crippen molar-refractivity contribution in [2.45, 2.75) is 13.0 Å². The summed E-state index contributed by atoms with van der Waals surface area (Å²) in [7, 11) is 0. The van der Waals surface area contributed by atoms with Gasteiger partial charge < -0.3 is 9.84 Å². The molecule has 0 aliphatic rings. The van der Waals surface area contributed by atoms with Crippen LogP contribution in [0.15, 0.2) is 77.9 Å². The smallest absolute Gasteiger partial charge is 0.280 e. The average molecular weight is 405 g/mol. The van der Waals surface area contributed by atoms with E-state index in [0.717, 1.165) is 23.4 Å². The lowest BCUT2D eigenvalue weighted by molar-refractivity contribution is -0.384. The highest BCUT2D eigenvalue weighted by molar-refractivity contribution is 5.87. The third kappa shape index (κ3) is 5.20. The van der Waals surface area contributed by atoms with Crippen LogP contribution in [0.25, 0.3) is 11.1 Å². The predicted molar refractivity (Wildman–Crippen MR) is 112 cm³/mol. The lowest BCUT2D eigenvalue weighted by Gasteiger charge is -2.13. The molecule has 8 nitrogen and oxygen atoms in total. The van der Waals surface area contributed by atoms with E-state index in [2.05, 4.69) is 10.5 Å².